The van der Waals surface area contributed by atoms with Crippen LogP contribution in [0.15, 0.2) is 59.4 Å². The summed E-state index contributed by atoms with van der Waals surface area (Å²) in [5, 5.41) is 4.90. The van der Waals surface area contributed by atoms with Gasteiger partial charge in [-0.25, -0.2) is 4.98 Å². The molecular weight excluding hydrogens is 412 g/mol. The number of halogens is 1. The van der Waals surface area contributed by atoms with Crippen molar-refractivity contribution in [3.8, 4) is 11.4 Å². The predicted molar refractivity (Wildman–Crippen MR) is 120 cm³/mol. The highest BCUT2D eigenvalue weighted by Crippen LogP contribution is 2.33. The molecule has 0 aliphatic carbocycles. The summed E-state index contributed by atoms with van der Waals surface area (Å²) in [6.07, 6.45) is 2.47. The van der Waals surface area contributed by atoms with Crippen LogP contribution >= 0.6 is 11.6 Å². The highest BCUT2D eigenvalue weighted by molar-refractivity contribution is 6.30. The van der Waals surface area contributed by atoms with E-state index in [-0.39, 0.29) is 6.04 Å². The molecule has 2 aromatic heterocycles. The standard InChI is InChI=1S/C23H23ClN6O/c1-29(2)18-9-3-15(4-10-18)12-30-13-20-19(25-14-26-20)11-21(30)23-27-22(28-31-23)16-5-7-17(24)8-6-16/h3-10,14,21H,11-13H2,1-2H3,(H,25,26)/t21-/m0/s1. The van der Waals surface area contributed by atoms with Crippen molar-refractivity contribution in [1.29, 1.82) is 0 Å². The monoisotopic (exact) mass is 434 g/mol. The normalized spacial score (nSPS) is 16.3. The lowest BCUT2D eigenvalue weighted by molar-refractivity contribution is 0.128. The quantitative estimate of drug-likeness (QED) is 0.499. The number of rotatable bonds is 5. The SMILES string of the molecule is CN(C)c1ccc(CN2Cc3[nH]cnc3C[C@H]2c2nc(-c3ccc(Cl)cc3)no2)cc1. The van der Waals surface area contributed by atoms with Crippen molar-refractivity contribution in [2.75, 3.05) is 19.0 Å². The molecule has 0 saturated carbocycles. The molecule has 1 aliphatic heterocycles. The van der Waals surface area contributed by atoms with Crippen molar-refractivity contribution in [2.45, 2.75) is 25.6 Å². The number of hydrogen-bond donors (Lipinski definition) is 1. The topological polar surface area (TPSA) is 74.1 Å². The molecule has 0 amide bonds. The molecule has 0 unspecified atom stereocenters. The van der Waals surface area contributed by atoms with Crippen molar-refractivity contribution >= 4 is 17.3 Å². The number of nitrogens with one attached hydrogen (secondary N) is 1. The lowest BCUT2D eigenvalue weighted by Gasteiger charge is -2.32. The fraction of sp³-hybridized carbons (Fsp3) is 0.261. The van der Waals surface area contributed by atoms with Crippen molar-refractivity contribution in [3.63, 3.8) is 0 Å². The van der Waals surface area contributed by atoms with Gasteiger partial charge in [0.2, 0.25) is 11.7 Å². The Morgan fingerprint density at radius 1 is 1.13 bits per heavy atom. The van der Waals surface area contributed by atoms with Gasteiger partial charge in [-0.1, -0.05) is 28.9 Å². The van der Waals surface area contributed by atoms with E-state index in [0.717, 1.165) is 36.5 Å². The molecule has 0 radical (unpaired) electrons. The van der Waals surface area contributed by atoms with Gasteiger partial charge < -0.3 is 14.4 Å². The van der Waals surface area contributed by atoms with E-state index < -0.39 is 0 Å². The predicted octanol–water partition coefficient (Wildman–Crippen LogP) is 4.48. The fourth-order valence-corrected chi connectivity index (χ4v) is 4.04. The van der Waals surface area contributed by atoms with Crippen LogP contribution in [0.25, 0.3) is 11.4 Å². The smallest absolute Gasteiger partial charge is 0.244 e. The molecule has 0 fully saturated rings. The zero-order chi connectivity index (χ0) is 21.4. The second kappa shape index (κ2) is 8.17. The van der Waals surface area contributed by atoms with Gasteiger partial charge in [-0.05, 0) is 42.0 Å². The van der Waals surface area contributed by atoms with Crippen LogP contribution in [-0.4, -0.2) is 39.1 Å². The summed E-state index contributed by atoms with van der Waals surface area (Å²) >= 11 is 6.00. The van der Waals surface area contributed by atoms with Crippen LogP contribution in [0, 0.1) is 0 Å². The molecule has 2 aromatic carbocycles. The summed E-state index contributed by atoms with van der Waals surface area (Å²) in [6, 6.07) is 16.0. The Bertz CT molecular complexity index is 1170. The van der Waals surface area contributed by atoms with Crippen LogP contribution in [0.5, 0.6) is 0 Å². The molecule has 7 nitrogen and oxygen atoms in total. The second-order valence-corrected chi connectivity index (χ2v) is 8.41. The van der Waals surface area contributed by atoms with Crippen molar-refractivity contribution in [3.05, 3.63) is 82.7 Å². The van der Waals surface area contributed by atoms with Gasteiger partial charge in [-0.2, -0.15) is 4.98 Å². The average Bonchev–Trinajstić information content (AvgIpc) is 3.43. The number of fused-ring (bicyclic) bond motifs is 1. The second-order valence-electron chi connectivity index (χ2n) is 7.98. The van der Waals surface area contributed by atoms with E-state index in [1.807, 2.05) is 38.4 Å². The Kier molecular flexibility index (Phi) is 5.21. The molecule has 0 bridgehead atoms. The summed E-state index contributed by atoms with van der Waals surface area (Å²) in [5.41, 5.74) is 5.48. The number of nitrogens with zero attached hydrogens (tertiary/aromatic N) is 5. The first kappa shape index (κ1) is 19.8. The Morgan fingerprint density at radius 2 is 1.90 bits per heavy atom. The number of H-pyrrole nitrogens is 1. The van der Waals surface area contributed by atoms with E-state index in [1.165, 1.54) is 11.3 Å². The van der Waals surface area contributed by atoms with E-state index in [0.29, 0.717) is 16.7 Å². The summed E-state index contributed by atoms with van der Waals surface area (Å²) < 4.78 is 5.72. The van der Waals surface area contributed by atoms with Gasteiger partial charge in [-0.15, -0.1) is 0 Å². The van der Waals surface area contributed by atoms with E-state index in [2.05, 4.69) is 49.2 Å². The molecule has 31 heavy (non-hydrogen) atoms. The Labute approximate surface area is 185 Å². The van der Waals surface area contributed by atoms with Crippen LogP contribution in [-0.2, 0) is 19.5 Å². The maximum atomic E-state index is 6.00. The first-order valence-electron chi connectivity index (χ1n) is 10.2. The van der Waals surface area contributed by atoms with E-state index in [1.54, 1.807) is 6.33 Å². The van der Waals surface area contributed by atoms with Crippen LogP contribution in [0.2, 0.25) is 5.02 Å². The number of hydrogen-bond acceptors (Lipinski definition) is 6. The number of imidazole rings is 1. The fourth-order valence-electron chi connectivity index (χ4n) is 3.92. The molecule has 4 aromatic rings. The molecule has 1 aliphatic rings. The number of aromatic nitrogens is 4. The van der Waals surface area contributed by atoms with E-state index >= 15 is 0 Å². The van der Waals surface area contributed by atoms with Gasteiger partial charge in [0.25, 0.3) is 0 Å². The van der Waals surface area contributed by atoms with Crippen LogP contribution in [0.1, 0.15) is 28.9 Å². The molecule has 8 heteroatoms. The minimum atomic E-state index is -0.0436. The zero-order valence-corrected chi connectivity index (χ0v) is 18.2. The Morgan fingerprint density at radius 3 is 2.65 bits per heavy atom. The molecule has 0 saturated heterocycles. The van der Waals surface area contributed by atoms with Crippen LogP contribution in [0.4, 0.5) is 5.69 Å². The largest absolute Gasteiger partial charge is 0.378 e. The lowest BCUT2D eigenvalue weighted by Crippen LogP contribution is -2.34. The third-order valence-corrected chi connectivity index (χ3v) is 5.92. The number of benzene rings is 2. The summed E-state index contributed by atoms with van der Waals surface area (Å²) in [6.45, 7) is 1.52. The van der Waals surface area contributed by atoms with Gasteiger partial charge in [0, 0.05) is 49.9 Å². The molecule has 158 valence electrons. The van der Waals surface area contributed by atoms with Gasteiger partial charge in [0.05, 0.1) is 23.8 Å². The third kappa shape index (κ3) is 4.06. The first-order valence-corrected chi connectivity index (χ1v) is 10.6. The van der Waals surface area contributed by atoms with E-state index in [4.69, 9.17) is 21.1 Å². The summed E-state index contributed by atoms with van der Waals surface area (Å²) in [5.74, 6) is 1.17. The summed E-state index contributed by atoms with van der Waals surface area (Å²) in [4.78, 5) is 16.9. The van der Waals surface area contributed by atoms with Crippen molar-refractivity contribution < 1.29 is 4.52 Å². The van der Waals surface area contributed by atoms with Crippen molar-refractivity contribution in [2.24, 2.45) is 0 Å². The summed E-state index contributed by atoms with van der Waals surface area (Å²) in [7, 11) is 4.09. The molecule has 1 N–H and O–H groups in total. The Hall–Kier alpha value is -3.16. The van der Waals surface area contributed by atoms with Gasteiger partial charge in [0.15, 0.2) is 0 Å². The molecule has 1 atom stereocenters. The first-order chi connectivity index (χ1) is 15.1. The maximum absolute atomic E-state index is 6.00. The van der Waals surface area contributed by atoms with Crippen LogP contribution in [0.3, 0.4) is 0 Å². The highest BCUT2D eigenvalue weighted by Gasteiger charge is 2.33. The molecular formula is C23H23ClN6O. The minimum absolute atomic E-state index is 0.0436. The van der Waals surface area contributed by atoms with Crippen LogP contribution < -0.4 is 4.90 Å². The van der Waals surface area contributed by atoms with Gasteiger partial charge >= 0.3 is 0 Å². The maximum Gasteiger partial charge on any atom is 0.244 e. The average molecular weight is 435 g/mol. The molecule has 5 rings (SSSR count). The van der Waals surface area contributed by atoms with E-state index in [9.17, 15) is 0 Å². The highest BCUT2D eigenvalue weighted by atomic mass is 35.5. The van der Waals surface area contributed by atoms with Gasteiger partial charge in [0.1, 0.15) is 0 Å². The number of aromatic amines is 1. The minimum Gasteiger partial charge on any atom is -0.378 e. The lowest BCUT2D eigenvalue weighted by atomic mass is 10.0. The Balaban J connectivity index is 1.43. The molecule has 3 heterocycles. The molecule has 0 spiro atoms. The number of anilines is 1. The van der Waals surface area contributed by atoms with Crippen molar-refractivity contribution in [1.82, 2.24) is 25.0 Å². The third-order valence-electron chi connectivity index (χ3n) is 5.66. The zero-order valence-electron chi connectivity index (χ0n) is 17.4. The van der Waals surface area contributed by atoms with Gasteiger partial charge in [-0.3, -0.25) is 4.90 Å².